The first-order valence-corrected chi connectivity index (χ1v) is 14.1. The van der Waals surface area contributed by atoms with Crippen LogP contribution < -0.4 is 0 Å². The van der Waals surface area contributed by atoms with Gasteiger partial charge in [0.15, 0.2) is 0 Å². The minimum Gasteiger partial charge on any atom is -0.394 e. The van der Waals surface area contributed by atoms with Gasteiger partial charge in [-0.3, -0.25) is 14.4 Å². The van der Waals surface area contributed by atoms with E-state index in [1.165, 1.54) is 4.90 Å². The van der Waals surface area contributed by atoms with Gasteiger partial charge in [0.05, 0.1) is 30.6 Å². The molecule has 0 radical (unpaired) electrons. The fraction of sp³-hybridized carbons (Fsp3) is 0.406. The molecule has 0 bridgehead atoms. The Hall–Kier alpha value is -3.75. The van der Waals surface area contributed by atoms with Gasteiger partial charge in [0.25, 0.3) is 0 Å². The second-order valence-electron chi connectivity index (χ2n) is 11.0. The minimum absolute atomic E-state index is 0.126. The summed E-state index contributed by atoms with van der Waals surface area (Å²) in [5.74, 6) is -2.35. The van der Waals surface area contributed by atoms with Crippen LogP contribution >= 0.6 is 0 Å². The molecule has 8 nitrogen and oxygen atoms in total. The van der Waals surface area contributed by atoms with Crippen molar-refractivity contribution in [2.75, 3.05) is 26.2 Å². The summed E-state index contributed by atoms with van der Waals surface area (Å²) in [5, 5.41) is 10.6. The average Bonchev–Trinajstić information content (AvgIpc) is 3.30. The molecule has 2 saturated heterocycles. The van der Waals surface area contributed by atoms with Crippen LogP contribution in [0.3, 0.4) is 0 Å². The van der Waals surface area contributed by atoms with Crippen LogP contribution in [0.1, 0.15) is 30.5 Å². The van der Waals surface area contributed by atoms with Gasteiger partial charge in [0.1, 0.15) is 11.6 Å². The Morgan fingerprint density at radius 3 is 2.33 bits per heavy atom. The number of hydrogen-bond acceptors (Lipinski definition) is 5. The van der Waals surface area contributed by atoms with Crippen LogP contribution in [-0.2, 0) is 25.7 Å². The summed E-state index contributed by atoms with van der Waals surface area (Å²) < 4.78 is 6.73. The standard InChI is InChI=1S/C32H35N3O5/c1-2-17-33-18-9-15-25-26(29(33)37)27-30(38)35(24(21-36)23-13-7-4-8-14-23)28-31(39)34(19-10-16-32(27,28)40-25)20-22-11-5-3-6-12-22/h3-16,24-28,36H,2,17-21H2,1H3/t24-,25-,26+,27+,28?,32+/m1/s1. The number of rotatable bonds is 7. The topological polar surface area (TPSA) is 90.4 Å². The van der Waals surface area contributed by atoms with Crippen molar-refractivity contribution in [3.8, 4) is 0 Å². The van der Waals surface area contributed by atoms with Gasteiger partial charge < -0.3 is 24.5 Å². The lowest BCUT2D eigenvalue weighted by molar-refractivity contribution is -0.151. The van der Waals surface area contributed by atoms with E-state index in [-0.39, 0.29) is 24.3 Å². The summed E-state index contributed by atoms with van der Waals surface area (Å²) in [7, 11) is 0. The maximum Gasteiger partial charge on any atom is 0.249 e. The predicted molar refractivity (Wildman–Crippen MR) is 148 cm³/mol. The van der Waals surface area contributed by atoms with Gasteiger partial charge in [0.2, 0.25) is 17.7 Å². The highest BCUT2D eigenvalue weighted by Crippen LogP contribution is 2.55. The number of hydrogen-bond donors (Lipinski definition) is 1. The minimum atomic E-state index is -1.33. The molecule has 8 heteroatoms. The molecular weight excluding hydrogens is 506 g/mol. The van der Waals surface area contributed by atoms with Crippen molar-refractivity contribution in [1.29, 1.82) is 0 Å². The van der Waals surface area contributed by atoms with E-state index in [9.17, 15) is 19.5 Å². The van der Waals surface area contributed by atoms with Crippen LogP contribution in [0, 0.1) is 11.8 Å². The van der Waals surface area contributed by atoms with Gasteiger partial charge in [-0.25, -0.2) is 0 Å². The zero-order chi connectivity index (χ0) is 27.9. The summed E-state index contributed by atoms with van der Waals surface area (Å²) in [4.78, 5) is 48.0. The van der Waals surface area contributed by atoms with Gasteiger partial charge in [0, 0.05) is 26.2 Å². The Labute approximate surface area is 234 Å². The number of aliphatic hydroxyl groups excluding tert-OH is 1. The zero-order valence-corrected chi connectivity index (χ0v) is 22.6. The van der Waals surface area contributed by atoms with E-state index < -0.39 is 35.6 Å². The van der Waals surface area contributed by atoms with Crippen molar-refractivity contribution >= 4 is 17.7 Å². The highest BCUT2D eigenvalue weighted by atomic mass is 16.5. The maximum absolute atomic E-state index is 14.6. The third-order valence-electron chi connectivity index (χ3n) is 8.67. The Bertz CT molecular complexity index is 1330. The molecular formula is C32H35N3O5. The van der Waals surface area contributed by atoms with E-state index in [0.717, 1.165) is 17.5 Å². The molecule has 2 fully saturated rings. The number of ether oxygens (including phenoxy) is 1. The van der Waals surface area contributed by atoms with Crippen LogP contribution in [-0.4, -0.2) is 81.5 Å². The zero-order valence-electron chi connectivity index (χ0n) is 22.6. The SMILES string of the molecule is CCCN1CC=C[C@H]2O[C@]34C=CCN(Cc5ccccc5)C(=O)C3N([C@H](CO)c3ccccc3)C(=O)[C@@H]4[C@H]2C1=O. The smallest absolute Gasteiger partial charge is 0.249 e. The van der Waals surface area contributed by atoms with Gasteiger partial charge in [-0.2, -0.15) is 0 Å². The van der Waals surface area contributed by atoms with E-state index in [4.69, 9.17) is 4.74 Å². The van der Waals surface area contributed by atoms with Crippen molar-refractivity contribution in [2.24, 2.45) is 11.8 Å². The van der Waals surface area contributed by atoms with Crippen molar-refractivity contribution in [2.45, 2.75) is 43.7 Å². The lowest BCUT2D eigenvalue weighted by Crippen LogP contribution is -2.56. The monoisotopic (exact) mass is 541 g/mol. The third-order valence-corrected chi connectivity index (χ3v) is 8.67. The van der Waals surface area contributed by atoms with E-state index in [0.29, 0.717) is 26.2 Å². The molecule has 6 atom stereocenters. The summed E-state index contributed by atoms with van der Waals surface area (Å²) in [5.41, 5.74) is 0.368. The highest BCUT2D eigenvalue weighted by molar-refractivity contribution is 6.00. The largest absolute Gasteiger partial charge is 0.394 e. The molecule has 4 aliphatic rings. The van der Waals surface area contributed by atoms with Crippen LogP contribution in [0.4, 0.5) is 0 Å². The van der Waals surface area contributed by atoms with Crippen molar-refractivity contribution in [1.82, 2.24) is 14.7 Å². The number of likely N-dealkylation sites (tertiary alicyclic amines) is 1. The van der Waals surface area contributed by atoms with Crippen LogP contribution in [0.5, 0.6) is 0 Å². The summed E-state index contributed by atoms with van der Waals surface area (Å²) in [6.07, 6.45) is 7.73. The number of carbonyl (C=O) groups excluding carboxylic acids is 3. The lowest BCUT2D eigenvalue weighted by Gasteiger charge is -2.38. The Balaban J connectivity index is 1.47. The molecule has 1 spiro atoms. The van der Waals surface area contributed by atoms with Crippen LogP contribution in [0.15, 0.2) is 85.0 Å². The first kappa shape index (κ1) is 26.5. The summed E-state index contributed by atoms with van der Waals surface area (Å²) >= 11 is 0. The van der Waals surface area contributed by atoms with E-state index in [1.54, 1.807) is 9.80 Å². The predicted octanol–water partition coefficient (Wildman–Crippen LogP) is 2.71. The molecule has 0 aromatic heterocycles. The number of fused-ring (bicyclic) bond motifs is 2. The average molecular weight is 542 g/mol. The molecule has 4 heterocycles. The summed E-state index contributed by atoms with van der Waals surface area (Å²) in [6.45, 7) is 3.41. The molecule has 3 amide bonds. The lowest BCUT2D eigenvalue weighted by atomic mass is 9.77. The fourth-order valence-corrected chi connectivity index (χ4v) is 6.96. The maximum atomic E-state index is 14.6. The summed E-state index contributed by atoms with van der Waals surface area (Å²) in [6, 6.07) is 17.2. The van der Waals surface area contributed by atoms with Gasteiger partial charge >= 0.3 is 0 Å². The van der Waals surface area contributed by atoms with Crippen molar-refractivity contribution in [3.63, 3.8) is 0 Å². The van der Waals surface area contributed by atoms with Gasteiger partial charge in [-0.05, 0) is 17.5 Å². The Morgan fingerprint density at radius 2 is 1.62 bits per heavy atom. The van der Waals surface area contributed by atoms with E-state index in [2.05, 4.69) is 0 Å². The molecule has 4 aliphatic heterocycles. The Morgan fingerprint density at radius 1 is 0.925 bits per heavy atom. The van der Waals surface area contributed by atoms with Crippen LogP contribution in [0.2, 0.25) is 0 Å². The first-order valence-electron chi connectivity index (χ1n) is 14.1. The second-order valence-corrected chi connectivity index (χ2v) is 11.0. The molecule has 6 rings (SSSR count). The fourth-order valence-electron chi connectivity index (χ4n) is 6.96. The molecule has 0 saturated carbocycles. The van der Waals surface area contributed by atoms with Crippen molar-refractivity contribution < 1.29 is 24.2 Å². The molecule has 40 heavy (non-hydrogen) atoms. The highest BCUT2D eigenvalue weighted by Gasteiger charge is 2.72. The molecule has 1 N–H and O–H groups in total. The van der Waals surface area contributed by atoms with E-state index >= 15 is 0 Å². The second kappa shape index (κ2) is 10.7. The Kier molecular flexibility index (Phi) is 7.06. The normalized spacial score (nSPS) is 30.1. The number of carbonyl (C=O) groups is 3. The first-order chi connectivity index (χ1) is 19.5. The van der Waals surface area contributed by atoms with Crippen LogP contribution in [0.25, 0.3) is 0 Å². The van der Waals surface area contributed by atoms with Gasteiger partial charge in [-0.1, -0.05) is 91.9 Å². The molecule has 2 aromatic carbocycles. The van der Waals surface area contributed by atoms with Gasteiger partial charge in [-0.15, -0.1) is 0 Å². The van der Waals surface area contributed by atoms with E-state index in [1.807, 2.05) is 91.9 Å². The van der Waals surface area contributed by atoms with Crippen molar-refractivity contribution in [3.05, 3.63) is 96.1 Å². The number of benzene rings is 2. The number of nitrogens with zero attached hydrogens (tertiary/aromatic N) is 3. The molecule has 2 aromatic rings. The third kappa shape index (κ3) is 4.17. The number of aliphatic hydroxyl groups is 1. The quantitative estimate of drug-likeness (QED) is 0.545. The molecule has 208 valence electrons. The number of amides is 3. The molecule has 1 unspecified atom stereocenters. The molecule has 0 aliphatic carbocycles.